The van der Waals surface area contributed by atoms with E-state index in [4.69, 9.17) is 9.47 Å². The molecular formula is C23H15NO3S. The number of ketones is 1. The van der Waals surface area contributed by atoms with Crippen LogP contribution < -0.4 is 14.8 Å². The zero-order chi connectivity index (χ0) is 18.7. The molecule has 28 heavy (non-hydrogen) atoms. The van der Waals surface area contributed by atoms with Gasteiger partial charge in [0.25, 0.3) is 0 Å². The van der Waals surface area contributed by atoms with E-state index in [1.807, 2.05) is 54.6 Å². The van der Waals surface area contributed by atoms with Crippen LogP contribution in [0.1, 0.15) is 26.7 Å². The van der Waals surface area contributed by atoms with Gasteiger partial charge in [0, 0.05) is 21.6 Å². The second kappa shape index (κ2) is 5.91. The molecule has 0 saturated heterocycles. The number of anilines is 1. The van der Waals surface area contributed by atoms with Crippen molar-refractivity contribution in [2.75, 3.05) is 12.1 Å². The predicted octanol–water partition coefficient (Wildman–Crippen LogP) is 5.28. The molecule has 2 heterocycles. The van der Waals surface area contributed by atoms with E-state index in [1.54, 1.807) is 11.8 Å². The molecule has 1 atom stereocenters. The fraction of sp³-hybridized carbons (Fsp3) is 0.0870. The highest BCUT2D eigenvalue weighted by molar-refractivity contribution is 8.00. The molecule has 0 bridgehead atoms. The summed E-state index contributed by atoms with van der Waals surface area (Å²) in [6.45, 7) is 0.235. The summed E-state index contributed by atoms with van der Waals surface area (Å²) in [6, 6.07) is 21.9. The lowest BCUT2D eigenvalue weighted by molar-refractivity contribution is 0.103. The van der Waals surface area contributed by atoms with Crippen LogP contribution in [-0.2, 0) is 0 Å². The fourth-order valence-corrected chi connectivity index (χ4v) is 5.27. The van der Waals surface area contributed by atoms with Crippen LogP contribution in [0.4, 0.5) is 5.69 Å². The third kappa shape index (κ3) is 2.23. The highest BCUT2D eigenvalue weighted by atomic mass is 32.2. The van der Waals surface area contributed by atoms with Gasteiger partial charge in [-0.2, -0.15) is 0 Å². The summed E-state index contributed by atoms with van der Waals surface area (Å²) in [5.41, 5.74) is 5.47. The van der Waals surface area contributed by atoms with Gasteiger partial charge in [-0.25, -0.2) is 0 Å². The minimum Gasteiger partial charge on any atom is -0.454 e. The van der Waals surface area contributed by atoms with Crippen LogP contribution in [0, 0.1) is 0 Å². The first-order chi connectivity index (χ1) is 13.8. The largest absolute Gasteiger partial charge is 0.454 e. The topological polar surface area (TPSA) is 47.6 Å². The third-order valence-electron chi connectivity index (χ3n) is 5.31. The zero-order valence-electron chi connectivity index (χ0n) is 14.8. The minimum absolute atomic E-state index is 0.0843. The Hall–Kier alpha value is -3.18. The van der Waals surface area contributed by atoms with Crippen molar-refractivity contribution < 1.29 is 14.3 Å². The van der Waals surface area contributed by atoms with Crippen LogP contribution >= 0.6 is 11.8 Å². The molecule has 2 aliphatic heterocycles. The number of hydrogen-bond donors (Lipinski definition) is 1. The van der Waals surface area contributed by atoms with Crippen molar-refractivity contribution >= 4 is 28.9 Å². The molecule has 0 spiro atoms. The molecule has 0 unspecified atom stereocenters. The van der Waals surface area contributed by atoms with Crippen LogP contribution in [0.15, 0.2) is 77.2 Å². The maximum Gasteiger partial charge on any atom is 0.231 e. The monoisotopic (exact) mass is 385 g/mol. The first-order valence-corrected chi connectivity index (χ1v) is 9.98. The number of nitrogens with one attached hydrogen (secondary N) is 1. The van der Waals surface area contributed by atoms with Gasteiger partial charge in [-0.05, 0) is 29.8 Å². The maximum atomic E-state index is 13.4. The highest BCUT2D eigenvalue weighted by Crippen LogP contribution is 2.53. The number of benzene rings is 3. The van der Waals surface area contributed by atoms with E-state index in [9.17, 15) is 4.79 Å². The lowest BCUT2D eigenvalue weighted by Gasteiger charge is -2.17. The lowest BCUT2D eigenvalue weighted by atomic mass is 10.0. The van der Waals surface area contributed by atoms with Crippen molar-refractivity contribution in [1.82, 2.24) is 0 Å². The number of ether oxygens (including phenoxy) is 2. The molecule has 0 fully saturated rings. The van der Waals surface area contributed by atoms with E-state index in [2.05, 4.69) is 17.4 Å². The number of rotatable bonds is 1. The molecule has 6 rings (SSSR count). The van der Waals surface area contributed by atoms with Gasteiger partial charge in [-0.1, -0.05) is 42.5 Å². The molecule has 3 aromatic carbocycles. The van der Waals surface area contributed by atoms with Gasteiger partial charge in [0.2, 0.25) is 6.79 Å². The van der Waals surface area contributed by atoms with Crippen molar-refractivity contribution in [3.8, 4) is 11.5 Å². The number of carbonyl (C=O) groups is 1. The fourth-order valence-electron chi connectivity index (χ4n) is 3.99. The van der Waals surface area contributed by atoms with Crippen molar-refractivity contribution in [3.05, 3.63) is 89.0 Å². The summed E-state index contributed by atoms with van der Waals surface area (Å²) in [4.78, 5) is 14.5. The molecule has 3 aliphatic rings. The normalized spacial score (nSPS) is 18.9. The molecule has 4 nitrogen and oxygen atoms in total. The highest BCUT2D eigenvalue weighted by Gasteiger charge is 2.38. The number of hydrogen-bond acceptors (Lipinski definition) is 5. The van der Waals surface area contributed by atoms with Crippen LogP contribution in [0.3, 0.4) is 0 Å². The Morgan fingerprint density at radius 3 is 2.61 bits per heavy atom. The summed E-state index contributed by atoms with van der Waals surface area (Å²) in [7, 11) is 0. The SMILES string of the molecule is O=C1C2=C(Nc3ccccc3S[C@@H]2c2ccc3c(c2)OCO3)c2ccccc21. The molecule has 0 aromatic heterocycles. The Morgan fingerprint density at radius 2 is 1.68 bits per heavy atom. The van der Waals surface area contributed by atoms with E-state index in [-0.39, 0.29) is 17.8 Å². The molecule has 136 valence electrons. The van der Waals surface area contributed by atoms with Gasteiger partial charge < -0.3 is 14.8 Å². The Bertz CT molecular complexity index is 1180. The van der Waals surface area contributed by atoms with Gasteiger partial charge >= 0.3 is 0 Å². The third-order valence-corrected chi connectivity index (χ3v) is 6.66. The average molecular weight is 385 g/mol. The van der Waals surface area contributed by atoms with Crippen molar-refractivity contribution in [3.63, 3.8) is 0 Å². The molecule has 0 saturated carbocycles. The average Bonchev–Trinajstić information content (AvgIpc) is 3.25. The second-order valence-corrected chi connectivity index (χ2v) is 8.04. The molecule has 1 aliphatic carbocycles. The summed E-state index contributed by atoms with van der Waals surface area (Å²) in [6.07, 6.45) is 0. The molecule has 5 heteroatoms. The summed E-state index contributed by atoms with van der Waals surface area (Å²) in [5, 5.41) is 3.40. The molecule has 0 radical (unpaired) electrons. The summed E-state index contributed by atoms with van der Waals surface area (Å²) < 4.78 is 11.0. The van der Waals surface area contributed by atoms with Crippen LogP contribution in [0.2, 0.25) is 0 Å². The Balaban J connectivity index is 1.57. The Morgan fingerprint density at radius 1 is 0.893 bits per heavy atom. The van der Waals surface area contributed by atoms with Crippen molar-refractivity contribution in [1.29, 1.82) is 0 Å². The second-order valence-electron chi connectivity index (χ2n) is 6.90. The van der Waals surface area contributed by atoms with E-state index >= 15 is 0 Å². The van der Waals surface area contributed by atoms with Gasteiger partial charge in [0.05, 0.1) is 16.6 Å². The summed E-state index contributed by atoms with van der Waals surface area (Å²) >= 11 is 1.69. The standard InChI is InChI=1S/C23H15NO3S/c25-22-15-6-2-1-5-14(15)21-20(22)23(28-19-8-4-3-7-16(19)24-21)13-9-10-17-18(11-13)27-12-26-17/h1-11,23-24H,12H2/t23-/m1/s1. The number of thioether (sulfide) groups is 1. The number of carbonyl (C=O) groups excluding carboxylic acids is 1. The van der Waals surface area contributed by atoms with E-state index in [1.165, 1.54) is 0 Å². The van der Waals surface area contributed by atoms with E-state index < -0.39 is 0 Å². The van der Waals surface area contributed by atoms with Gasteiger partial charge in [-0.15, -0.1) is 11.8 Å². The predicted molar refractivity (Wildman–Crippen MR) is 109 cm³/mol. The Kier molecular flexibility index (Phi) is 3.34. The molecular weight excluding hydrogens is 370 g/mol. The van der Waals surface area contributed by atoms with Crippen molar-refractivity contribution in [2.24, 2.45) is 0 Å². The van der Waals surface area contributed by atoms with Gasteiger partial charge in [-0.3, -0.25) is 4.79 Å². The summed E-state index contributed by atoms with van der Waals surface area (Å²) in [5.74, 6) is 1.56. The van der Waals surface area contributed by atoms with Crippen LogP contribution in [-0.4, -0.2) is 12.6 Å². The molecule has 1 N–H and O–H groups in total. The first-order valence-electron chi connectivity index (χ1n) is 9.10. The van der Waals surface area contributed by atoms with Crippen LogP contribution in [0.25, 0.3) is 5.70 Å². The van der Waals surface area contributed by atoms with Crippen LogP contribution in [0.5, 0.6) is 11.5 Å². The lowest BCUT2D eigenvalue weighted by Crippen LogP contribution is -2.07. The van der Waals surface area contributed by atoms with E-state index in [0.717, 1.165) is 50.0 Å². The number of fused-ring (bicyclic) bond motifs is 4. The minimum atomic E-state index is -0.138. The Labute approximate surface area is 166 Å². The molecule has 0 amide bonds. The quantitative estimate of drug-likeness (QED) is 0.617. The first kappa shape index (κ1) is 15.8. The number of para-hydroxylation sites is 1. The zero-order valence-corrected chi connectivity index (χ0v) is 15.6. The van der Waals surface area contributed by atoms with E-state index in [0.29, 0.717) is 0 Å². The van der Waals surface area contributed by atoms with Gasteiger partial charge in [0.1, 0.15) is 0 Å². The molecule has 3 aromatic rings. The van der Waals surface area contributed by atoms with Gasteiger partial charge in [0.15, 0.2) is 17.3 Å². The maximum absolute atomic E-state index is 13.4. The number of Topliss-reactive ketones (excluding diaryl/α,β-unsaturated/α-hetero) is 1. The smallest absolute Gasteiger partial charge is 0.231 e. The van der Waals surface area contributed by atoms with Crippen molar-refractivity contribution in [2.45, 2.75) is 10.1 Å².